The van der Waals surface area contributed by atoms with Gasteiger partial charge >= 0.3 is 0 Å². The summed E-state index contributed by atoms with van der Waals surface area (Å²) in [6, 6.07) is 7.40. The minimum atomic E-state index is 0.342. The summed E-state index contributed by atoms with van der Waals surface area (Å²) < 4.78 is 12.2. The highest BCUT2D eigenvalue weighted by Gasteiger charge is 1.97. The molecule has 0 aliphatic heterocycles. The van der Waals surface area contributed by atoms with Gasteiger partial charge in [-0.25, -0.2) is 0 Å². The van der Waals surface area contributed by atoms with Gasteiger partial charge in [-0.05, 0) is 12.1 Å². The standard InChI is InChI=1S/C11H10BrNO/c12-7-3-4-8-14-11-6-2-1-5-10(11)9-13/h1-2,5-6,9,13H,7-8H2/i/hT. The number of halogens is 1. The van der Waals surface area contributed by atoms with Gasteiger partial charge < -0.3 is 10.1 Å². The Morgan fingerprint density at radius 1 is 1.50 bits per heavy atom. The number of alkyl halides is 1. The van der Waals surface area contributed by atoms with E-state index < -0.39 is 0 Å². The maximum atomic E-state index is 6.76. The molecule has 0 spiro atoms. The van der Waals surface area contributed by atoms with Crippen molar-refractivity contribution in [3.8, 4) is 17.6 Å². The summed E-state index contributed by atoms with van der Waals surface area (Å²) in [5.41, 5.74) is 0.785. The summed E-state index contributed by atoms with van der Waals surface area (Å²) in [4.78, 5) is 0. The Morgan fingerprint density at radius 3 is 3.14 bits per heavy atom. The van der Waals surface area contributed by atoms with E-state index in [0.717, 1.165) is 5.56 Å². The van der Waals surface area contributed by atoms with E-state index in [4.69, 9.17) is 6.15 Å². The molecule has 1 rings (SSSR count). The van der Waals surface area contributed by atoms with Crippen LogP contribution in [-0.4, -0.2) is 18.2 Å². The molecule has 0 amide bonds. The lowest BCUT2D eigenvalue weighted by atomic mass is 10.2. The minimum Gasteiger partial charge on any atom is -0.480 e. The van der Waals surface area contributed by atoms with Crippen LogP contribution in [0.1, 0.15) is 5.56 Å². The molecule has 14 heavy (non-hydrogen) atoms. The number of hydrogen-bond acceptors (Lipinski definition) is 2. The fraction of sp³-hybridized carbons (Fsp3) is 0.182. The van der Waals surface area contributed by atoms with Gasteiger partial charge in [0.25, 0.3) is 0 Å². The van der Waals surface area contributed by atoms with Crippen molar-refractivity contribution in [1.82, 2.24) is 0 Å². The van der Waals surface area contributed by atoms with Gasteiger partial charge in [-0.3, -0.25) is 0 Å². The normalized spacial score (nSPS) is 10.5. The van der Waals surface area contributed by atoms with Crippen molar-refractivity contribution >= 4 is 22.1 Å². The Labute approximate surface area is 93.4 Å². The molecule has 2 nitrogen and oxygen atoms in total. The molecular formula is C11H10BrNO. The summed E-state index contributed by atoms with van der Waals surface area (Å²) in [6.07, 6.45) is 1.44. The zero-order chi connectivity index (χ0) is 10.9. The zero-order valence-electron chi connectivity index (χ0n) is 8.53. The molecule has 0 aliphatic carbocycles. The van der Waals surface area contributed by atoms with Gasteiger partial charge in [0.05, 0.1) is 5.33 Å². The second kappa shape index (κ2) is 6.22. The van der Waals surface area contributed by atoms with Gasteiger partial charge in [-0.15, -0.1) is 0 Å². The van der Waals surface area contributed by atoms with Crippen LogP contribution in [0.15, 0.2) is 24.3 Å². The molecule has 0 saturated heterocycles. The van der Waals surface area contributed by atoms with Crippen LogP contribution in [0.2, 0.25) is 1.41 Å². The van der Waals surface area contributed by atoms with Crippen molar-refractivity contribution in [2.24, 2.45) is 0 Å². The Bertz CT molecular complexity index is 395. The Hall–Kier alpha value is -1.27. The molecule has 1 aromatic carbocycles. The fourth-order valence-electron chi connectivity index (χ4n) is 0.931. The summed E-state index contributed by atoms with van der Waals surface area (Å²) in [5.74, 6) is 6.38. The van der Waals surface area contributed by atoms with Crippen molar-refractivity contribution in [3.05, 3.63) is 29.8 Å². The molecule has 0 aliphatic rings. The Kier molecular flexibility index (Phi) is 4.13. The third-order valence-electron chi connectivity index (χ3n) is 1.55. The third kappa shape index (κ3) is 3.23. The van der Waals surface area contributed by atoms with E-state index in [1.54, 1.807) is 0 Å². The van der Waals surface area contributed by atoms with Crippen molar-refractivity contribution in [2.45, 2.75) is 0 Å². The van der Waals surface area contributed by atoms with Gasteiger partial charge in [-0.1, -0.05) is 39.9 Å². The average Bonchev–Trinajstić information content (AvgIpc) is 2.27. The van der Waals surface area contributed by atoms with Gasteiger partial charge in [0, 0.05) is 11.8 Å². The van der Waals surface area contributed by atoms with Crippen molar-refractivity contribution < 1.29 is 6.15 Å². The average molecular weight is 254 g/mol. The van der Waals surface area contributed by atoms with Gasteiger partial charge in [0.15, 0.2) is 1.41 Å². The largest absolute Gasteiger partial charge is 0.480 e. The quantitative estimate of drug-likeness (QED) is 0.501. The Balaban J connectivity index is 2.67. The van der Waals surface area contributed by atoms with Gasteiger partial charge in [0.1, 0.15) is 12.4 Å². The molecule has 0 atom stereocenters. The molecule has 0 aromatic heterocycles. The lowest BCUT2D eigenvalue weighted by molar-refractivity contribution is 0.369. The number of nitrogens with one attached hydrogen (secondary N) is 1. The first-order chi connectivity index (χ1) is 7.38. The highest BCUT2D eigenvalue weighted by Crippen LogP contribution is 2.14. The van der Waals surface area contributed by atoms with Gasteiger partial charge in [-0.2, -0.15) is 0 Å². The summed E-state index contributed by atoms with van der Waals surface area (Å²) in [7, 11) is 0. The van der Waals surface area contributed by atoms with Gasteiger partial charge in [0.2, 0.25) is 0 Å². The SMILES string of the molecule is [3H]N=Cc1ccccc1OCC#CCBr. The second-order valence-corrected chi connectivity index (χ2v) is 3.00. The van der Waals surface area contributed by atoms with Crippen molar-refractivity contribution in [2.75, 3.05) is 11.9 Å². The molecule has 0 radical (unpaired) electrons. The van der Waals surface area contributed by atoms with Crippen LogP contribution in [0.3, 0.4) is 0 Å². The van der Waals surface area contributed by atoms with E-state index in [1.807, 2.05) is 24.3 Å². The van der Waals surface area contributed by atoms with Crippen LogP contribution in [0.25, 0.3) is 0 Å². The first-order valence-electron chi connectivity index (χ1n) is 4.54. The second-order valence-electron chi connectivity index (χ2n) is 2.44. The molecule has 0 heterocycles. The van der Waals surface area contributed by atoms with E-state index in [2.05, 4.69) is 33.2 Å². The van der Waals surface area contributed by atoms with E-state index in [0.29, 0.717) is 17.7 Å². The molecule has 3 heteroatoms. The third-order valence-corrected chi connectivity index (χ3v) is 1.83. The predicted molar refractivity (Wildman–Crippen MR) is 61.4 cm³/mol. The first-order valence-corrected chi connectivity index (χ1v) is 5.21. The first kappa shape index (κ1) is 9.29. The molecule has 1 N–H and O–H groups in total. The molecule has 0 fully saturated rings. The molecular weight excluding hydrogens is 242 g/mol. The molecule has 0 bridgehead atoms. The highest BCUT2D eigenvalue weighted by atomic mass is 79.9. The zero-order valence-corrected chi connectivity index (χ0v) is 9.12. The van der Waals surface area contributed by atoms with Crippen LogP contribution in [-0.2, 0) is 0 Å². The lowest BCUT2D eigenvalue weighted by Gasteiger charge is -2.04. The van der Waals surface area contributed by atoms with E-state index >= 15 is 0 Å². The molecule has 0 unspecified atom stereocenters. The van der Waals surface area contributed by atoms with Crippen LogP contribution in [0.5, 0.6) is 5.75 Å². The summed E-state index contributed by atoms with van der Waals surface area (Å²) in [6.45, 7) is 0.342. The number of ether oxygens (including phenoxy) is 1. The maximum Gasteiger partial charge on any atom is 0.187 e. The summed E-state index contributed by atoms with van der Waals surface area (Å²) in [5, 5.41) is 3.86. The fourth-order valence-corrected chi connectivity index (χ4v) is 1.13. The van der Waals surface area contributed by atoms with Crippen molar-refractivity contribution in [3.63, 3.8) is 0 Å². The lowest BCUT2D eigenvalue weighted by Crippen LogP contribution is -1.97. The van der Waals surface area contributed by atoms with E-state index in [-0.39, 0.29) is 0 Å². The number of benzene rings is 1. The predicted octanol–water partition coefficient (Wildman–Crippen LogP) is 2.46. The van der Waals surface area contributed by atoms with E-state index in [9.17, 15) is 0 Å². The monoisotopic (exact) mass is 253 g/mol. The summed E-state index contributed by atoms with van der Waals surface area (Å²) >= 11 is 3.20. The molecule has 1 aromatic rings. The highest BCUT2D eigenvalue weighted by molar-refractivity contribution is 9.09. The number of hydrogen-bond donors (Lipinski definition) is 1. The van der Waals surface area contributed by atoms with Crippen LogP contribution in [0, 0.1) is 17.2 Å². The number of rotatable bonds is 3. The minimum absolute atomic E-state index is 0.342. The number of para-hydroxylation sites is 1. The van der Waals surface area contributed by atoms with Crippen molar-refractivity contribution in [1.29, 1.82) is 5.40 Å². The molecule has 0 saturated carbocycles. The Morgan fingerprint density at radius 2 is 2.36 bits per heavy atom. The smallest absolute Gasteiger partial charge is 0.187 e. The van der Waals surface area contributed by atoms with Crippen LogP contribution >= 0.6 is 15.9 Å². The topological polar surface area (TPSA) is 33.1 Å². The maximum absolute atomic E-state index is 6.76. The van der Waals surface area contributed by atoms with Crippen LogP contribution < -0.4 is 4.74 Å². The van der Waals surface area contributed by atoms with E-state index in [1.165, 1.54) is 6.21 Å². The molecule has 72 valence electrons. The van der Waals surface area contributed by atoms with Crippen LogP contribution in [0.4, 0.5) is 0 Å².